The third kappa shape index (κ3) is 1.87. The molecule has 0 atom stereocenters. The second kappa shape index (κ2) is 4.28. The van der Waals surface area contributed by atoms with Gasteiger partial charge in [-0.1, -0.05) is 0 Å². The number of non-ortho nitro benzene ring substituents is 1. The largest absolute Gasteiger partial charge is 0.330 e. The van der Waals surface area contributed by atoms with Gasteiger partial charge in [0.2, 0.25) is 0 Å². The van der Waals surface area contributed by atoms with Gasteiger partial charge < -0.3 is 5.73 Å². The quantitative estimate of drug-likeness (QED) is 0.621. The molecule has 0 saturated heterocycles. The maximum atomic E-state index is 10.6. The molecule has 0 radical (unpaired) electrons. The van der Waals surface area contributed by atoms with Crippen LogP contribution in [0.2, 0.25) is 0 Å². The highest BCUT2D eigenvalue weighted by Crippen LogP contribution is 2.20. The van der Waals surface area contributed by atoms with Crippen molar-refractivity contribution in [2.24, 2.45) is 5.73 Å². The van der Waals surface area contributed by atoms with Gasteiger partial charge in [-0.05, 0) is 19.0 Å². The van der Waals surface area contributed by atoms with Crippen LogP contribution < -0.4 is 5.73 Å². The molecule has 1 heterocycles. The second-order valence-electron chi connectivity index (χ2n) is 3.51. The number of nitrogens with zero attached hydrogens (tertiary/aromatic N) is 3. The molecule has 0 aliphatic carbocycles. The summed E-state index contributed by atoms with van der Waals surface area (Å²) in [6.45, 7) is 1.26. The zero-order chi connectivity index (χ0) is 11.5. The molecule has 0 amide bonds. The van der Waals surface area contributed by atoms with Gasteiger partial charge in [-0.15, -0.1) is 0 Å². The van der Waals surface area contributed by atoms with Crippen LogP contribution in [-0.2, 0) is 6.54 Å². The molecule has 0 unspecified atom stereocenters. The first kappa shape index (κ1) is 10.6. The Bertz CT molecular complexity index is 521. The van der Waals surface area contributed by atoms with Gasteiger partial charge in [0.05, 0.1) is 16.6 Å². The first-order valence-electron chi connectivity index (χ1n) is 5.02. The maximum absolute atomic E-state index is 10.6. The van der Waals surface area contributed by atoms with Gasteiger partial charge in [0, 0.05) is 24.1 Å². The van der Waals surface area contributed by atoms with Crippen molar-refractivity contribution >= 4 is 16.6 Å². The highest BCUT2D eigenvalue weighted by Gasteiger charge is 2.09. The number of rotatable bonds is 4. The van der Waals surface area contributed by atoms with E-state index in [-0.39, 0.29) is 5.69 Å². The van der Waals surface area contributed by atoms with Gasteiger partial charge in [-0.25, -0.2) is 0 Å². The van der Waals surface area contributed by atoms with E-state index in [0.717, 1.165) is 17.3 Å². The maximum Gasteiger partial charge on any atom is 0.271 e. The number of nitro groups is 1. The van der Waals surface area contributed by atoms with Gasteiger partial charge in [-0.3, -0.25) is 14.8 Å². The van der Waals surface area contributed by atoms with Crippen molar-refractivity contribution in [3.8, 4) is 0 Å². The smallest absolute Gasteiger partial charge is 0.271 e. The molecule has 2 rings (SSSR count). The Balaban J connectivity index is 2.43. The number of nitro benzene ring substituents is 1. The van der Waals surface area contributed by atoms with Crippen LogP contribution in [0.5, 0.6) is 0 Å². The van der Waals surface area contributed by atoms with Gasteiger partial charge in [0.15, 0.2) is 0 Å². The summed E-state index contributed by atoms with van der Waals surface area (Å²) in [5, 5.41) is 15.7. The Labute approximate surface area is 91.8 Å². The van der Waals surface area contributed by atoms with Crippen molar-refractivity contribution in [1.29, 1.82) is 0 Å². The molecule has 1 aromatic heterocycles. The fourth-order valence-electron chi connectivity index (χ4n) is 1.59. The average Bonchev–Trinajstić information content (AvgIpc) is 2.68. The zero-order valence-electron chi connectivity index (χ0n) is 8.67. The Kier molecular flexibility index (Phi) is 2.82. The molecule has 6 heteroatoms. The van der Waals surface area contributed by atoms with Gasteiger partial charge in [0.25, 0.3) is 5.69 Å². The number of nitrogens with two attached hydrogens (primary N) is 1. The monoisotopic (exact) mass is 220 g/mol. The predicted molar refractivity (Wildman–Crippen MR) is 60.1 cm³/mol. The summed E-state index contributed by atoms with van der Waals surface area (Å²) in [4.78, 5) is 10.2. The molecule has 0 aliphatic rings. The molecular weight excluding hydrogens is 208 g/mol. The molecular formula is C10H12N4O2. The van der Waals surface area contributed by atoms with E-state index < -0.39 is 4.92 Å². The summed E-state index contributed by atoms with van der Waals surface area (Å²) in [7, 11) is 0. The van der Waals surface area contributed by atoms with Crippen LogP contribution in [0.4, 0.5) is 5.69 Å². The molecule has 0 spiro atoms. The Morgan fingerprint density at radius 3 is 3.00 bits per heavy atom. The van der Waals surface area contributed by atoms with Crippen LogP contribution in [0.3, 0.4) is 0 Å². The molecule has 0 bridgehead atoms. The van der Waals surface area contributed by atoms with E-state index in [1.165, 1.54) is 6.07 Å². The number of hydrogen-bond acceptors (Lipinski definition) is 4. The number of aryl methyl sites for hydroxylation is 1. The molecule has 84 valence electrons. The molecule has 1 aromatic carbocycles. The number of fused-ring (bicyclic) bond motifs is 1. The van der Waals surface area contributed by atoms with Crippen molar-refractivity contribution in [1.82, 2.24) is 9.78 Å². The zero-order valence-corrected chi connectivity index (χ0v) is 8.67. The number of hydrogen-bond donors (Lipinski definition) is 1. The molecule has 6 nitrogen and oxygen atoms in total. The van der Waals surface area contributed by atoms with E-state index in [2.05, 4.69) is 5.10 Å². The highest BCUT2D eigenvalue weighted by atomic mass is 16.6. The summed E-state index contributed by atoms with van der Waals surface area (Å²) in [6, 6.07) is 4.73. The molecule has 0 fully saturated rings. The minimum Gasteiger partial charge on any atom is -0.330 e. The summed E-state index contributed by atoms with van der Waals surface area (Å²) in [6.07, 6.45) is 2.51. The Hall–Kier alpha value is -1.95. The fourth-order valence-corrected chi connectivity index (χ4v) is 1.59. The predicted octanol–water partition coefficient (Wildman–Crippen LogP) is 1.29. The molecule has 16 heavy (non-hydrogen) atoms. The number of benzene rings is 1. The standard InChI is InChI=1S/C10H12N4O2/c11-4-1-5-13-10-6-9(14(15)16)3-2-8(10)7-12-13/h2-3,6-7H,1,4-5,11H2. The second-order valence-corrected chi connectivity index (χ2v) is 3.51. The van der Waals surface area contributed by atoms with E-state index in [1.54, 1.807) is 23.0 Å². The van der Waals surface area contributed by atoms with Gasteiger partial charge in [0.1, 0.15) is 0 Å². The molecule has 2 N–H and O–H groups in total. The Morgan fingerprint density at radius 2 is 2.31 bits per heavy atom. The SMILES string of the molecule is NCCCn1ncc2ccc([N+](=O)[O-])cc21. The lowest BCUT2D eigenvalue weighted by Crippen LogP contribution is -2.06. The van der Waals surface area contributed by atoms with E-state index in [1.807, 2.05) is 0 Å². The van der Waals surface area contributed by atoms with Crippen molar-refractivity contribution < 1.29 is 4.92 Å². The first-order chi connectivity index (χ1) is 7.72. The van der Waals surface area contributed by atoms with Crippen LogP contribution in [0, 0.1) is 10.1 Å². The molecule has 0 aliphatic heterocycles. The fraction of sp³-hybridized carbons (Fsp3) is 0.300. The lowest BCUT2D eigenvalue weighted by molar-refractivity contribution is -0.384. The topological polar surface area (TPSA) is 87.0 Å². The van der Waals surface area contributed by atoms with Crippen molar-refractivity contribution in [2.45, 2.75) is 13.0 Å². The van der Waals surface area contributed by atoms with Crippen LogP contribution >= 0.6 is 0 Å². The third-order valence-corrected chi connectivity index (χ3v) is 2.41. The lowest BCUT2D eigenvalue weighted by atomic mass is 10.2. The van der Waals surface area contributed by atoms with Crippen LogP contribution in [0.25, 0.3) is 10.9 Å². The van der Waals surface area contributed by atoms with Gasteiger partial charge in [-0.2, -0.15) is 5.10 Å². The van der Waals surface area contributed by atoms with E-state index in [4.69, 9.17) is 5.73 Å². The van der Waals surface area contributed by atoms with Crippen LogP contribution in [-0.4, -0.2) is 21.2 Å². The number of aromatic nitrogens is 2. The van der Waals surface area contributed by atoms with E-state index in [0.29, 0.717) is 13.1 Å². The van der Waals surface area contributed by atoms with Crippen LogP contribution in [0.15, 0.2) is 24.4 Å². The summed E-state index contributed by atoms with van der Waals surface area (Å²) in [5.41, 5.74) is 6.28. The van der Waals surface area contributed by atoms with E-state index in [9.17, 15) is 10.1 Å². The van der Waals surface area contributed by atoms with Crippen molar-refractivity contribution in [3.05, 3.63) is 34.5 Å². The minimum atomic E-state index is -0.403. The molecule has 2 aromatic rings. The highest BCUT2D eigenvalue weighted by molar-refractivity contribution is 5.80. The normalized spacial score (nSPS) is 10.8. The van der Waals surface area contributed by atoms with Gasteiger partial charge >= 0.3 is 0 Å². The summed E-state index contributed by atoms with van der Waals surface area (Å²) < 4.78 is 1.75. The average molecular weight is 220 g/mol. The summed E-state index contributed by atoms with van der Waals surface area (Å²) >= 11 is 0. The van der Waals surface area contributed by atoms with Crippen LogP contribution in [0.1, 0.15) is 6.42 Å². The molecule has 0 saturated carbocycles. The van der Waals surface area contributed by atoms with Crippen molar-refractivity contribution in [2.75, 3.05) is 6.54 Å². The first-order valence-corrected chi connectivity index (χ1v) is 5.02. The minimum absolute atomic E-state index is 0.0852. The lowest BCUT2D eigenvalue weighted by Gasteiger charge is -2.01. The van der Waals surface area contributed by atoms with E-state index >= 15 is 0 Å². The van der Waals surface area contributed by atoms with Crippen molar-refractivity contribution in [3.63, 3.8) is 0 Å². The summed E-state index contributed by atoms with van der Waals surface area (Å²) in [5.74, 6) is 0. The Morgan fingerprint density at radius 1 is 1.50 bits per heavy atom. The third-order valence-electron chi connectivity index (χ3n) is 2.41.